The van der Waals surface area contributed by atoms with Gasteiger partial charge >= 0.3 is 12.1 Å². The molecule has 1 aromatic rings. The molecular formula is C34H48ClN3O9. The van der Waals surface area contributed by atoms with Crippen molar-refractivity contribution in [1.82, 2.24) is 10.2 Å². The number of alkyl carbamates (subject to hydrolysis) is 1. The van der Waals surface area contributed by atoms with Crippen LogP contribution in [0.15, 0.2) is 35.9 Å². The highest BCUT2D eigenvalue weighted by Crippen LogP contribution is 2.49. The summed E-state index contributed by atoms with van der Waals surface area (Å²) in [5.41, 5.74) is 0.0219. The molecule has 0 saturated carbocycles. The number of nitrogens with zero attached hydrogens (tertiary/aromatic N) is 2. The van der Waals surface area contributed by atoms with E-state index in [2.05, 4.69) is 5.32 Å². The molecule has 4 rings (SSSR count). The quantitative estimate of drug-likeness (QED) is 0.347. The summed E-state index contributed by atoms with van der Waals surface area (Å²) in [5, 5.41) is 14.7. The van der Waals surface area contributed by atoms with Crippen molar-refractivity contribution < 1.29 is 43.2 Å². The van der Waals surface area contributed by atoms with Crippen LogP contribution in [0.3, 0.4) is 0 Å². The van der Waals surface area contributed by atoms with Crippen molar-refractivity contribution in [3.8, 4) is 5.75 Å². The number of anilines is 1. The Labute approximate surface area is 281 Å². The maximum Gasteiger partial charge on any atom is 0.409 e. The summed E-state index contributed by atoms with van der Waals surface area (Å²) < 4.78 is 29.3. The summed E-state index contributed by atoms with van der Waals surface area (Å²) in [7, 11) is 6.47. The van der Waals surface area contributed by atoms with Crippen LogP contribution < -0.4 is 15.0 Å². The van der Waals surface area contributed by atoms with E-state index in [1.165, 1.54) is 18.9 Å². The molecule has 0 unspecified atom stereocenters. The van der Waals surface area contributed by atoms with Crippen LogP contribution in [-0.4, -0.2) is 105 Å². The van der Waals surface area contributed by atoms with Crippen molar-refractivity contribution in [2.24, 2.45) is 5.92 Å². The van der Waals surface area contributed by atoms with E-state index in [-0.39, 0.29) is 12.3 Å². The van der Waals surface area contributed by atoms with E-state index in [0.29, 0.717) is 30.2 Å². The minimum atomic E-state index is -1.75. The highest BCUT2D eigenvalue weighted by Gasteiger charge is 2.64. The zero-order chi connectivity index (χ0) is 34.8. The SMILES string of the molecule is COc1cc2cc(c1Cl)N(C)CC[C@H](OC(=O)[C@H](C)N(C)C(C)=O)[C@@]1(C)O[C@H]1[C@H](C)[C@@H]1C[C@@](O)(NC(=O)O1)[C@H](OC)C=CC=C(C)C2. The number of rotatable bonds is 5. The fourth-order valence-corrected chi connectivity index (χ4v) is 6.74. The second kappa shape index (κ2) is 14.4. The molecule has 3 aliphatic heterocycles. The van der Waals surface area contributed by atoms with Crippen molar-refractivity contribution in [3.63, 3.8) is 0 Å². The normalized spacial score (nSPS) is 31.8. The summed E-state index contributed by atoms with van der Waals surface area (Å²) in [4.78, 5) is 41.4. The molecular weight excluding hydrogens is 630 g/mol. The number of amides is 2. The van der Waals surface area contributed by atoms with Crippen LogP contribution in [0.25, 0.3) is 0 Å². The lowest BCUT2D eigenvalue weighted by atomic mass is 9.83. The third-order valence-corrected chi connectivity index (χ3v) is 10.1. The predicted molar refractivity (Wildman–Crippen MR) is 176 cm³/mol. The molecule has 8 atom stereocenters. The van der Waals surface area contributed by atoms with E-state index in [9.17, 15) is 19.5 Å². The van der Waals surface area contributed by atoms with Crippen molar-refractivity contribution in [2.75, 3.05) is 39.8 Å². The van der Waals surface area contributed by atoms with Crippen molar-refractivity contribution >= 4 is 35.3 Å². The molecule has 3 heterocycles. The molecule has 0 aliphatic carbocycles. The number of carbonyl (C=O) groups excluding carboxylic acids is 3. The summed E-state index contributed by atoms with van der Waals surface area (Å²) in [6.07, 6.45) is 2.75. The van der Waals surface area contributed by atoms with Gasteiger partial charge in [-0.2, -0.15) is 0 Å². The zero-order valence-corrected chi connectivity index (χ0v) is 29.4. The first-order chi connectivity index (χ1) is 22.0. The minimum absolute atomic E-state index is 0.0269. The molecule has 0 spiro atoms. The lowest BCUT2D eigenvalue weighted by Crippen LogP contribution is -2.63. The van der Waals surface area contributed by atoms with E-state index < -0.39 is 59.8 Å². The number of fused-ring (bicyclic) bond motifs is 5. The number of carbonyl (C=O) groups is 3. The molecule has 2 amide bonds. The molecule has 0 aromatic heterocycles. The molecule has 2 saturated heterocycles. The van der Waals surface area contributed by atoms with Gasteiger partial charge in [0, 0.05) is 53.4 Å². The van der Waals surface area contributed by atoms with Crippen LogP contribution in [0.5, 0.6) is 5.75 Å². The predicted octanol–water partition coefficient (Wildman–Crippen LogP) is 4.01. The number of ether oxygens (including phenoxy) is 5. The van der Waals surface area contributed by atoms with Gasteiger partial charge < -0.3 is 38.6 Å². The van der Waals surface area contributed by atoms with Crippen LogP contribution in [-0.2, 0) is 35.0 Å². The van der Waals surface area contributed by atoms with Gasteiger partial charge in [0.2, 0.25) is 5.91 Å². The molecule has 0 radical (unpaired) electrons. The van der Waals surface area contributed by atoms with E-state index in [1.807, 2.05) is 50.9 Å². The summed E-state index contributed by atoms with van der Waals surface area (Å²) in [6, 6.07) is 3.07. The summed E-state index contributed by atoms with van der Waals surface area (Å²) >= 11 is 6.80. The first kappa shape index (κ1) is 36.5. The van der Waals surface area contributed by atoms with E-state index >= 15 is 0 Å². The van der Waals surface area contributed by atoms with Gasteiger partial charge in [0.1, 0.15) is 40.7 Å². The van der Waals surface area contributed by atoms with Crippen LogP contribution in [0.4, 0.5) is 10.5 Å². The first-order valence-corrected chi connectivity index (χ1v) is 16.2. The second-order valence-corrected chi connectivity index (χ2v) is 13.5. The number of likely N-dealkylation sites (N-methyl/N-ethyl adjacent to an activating group) is 1. The maximum atomic E-state index is 13.4. The molecule has 1 aromatic carbocycles. The monoisotopic (exact) mass is 677 g/mol. The number of hydrogen-bond acceptors (Lipinski definition) is 10. The number of methoxy groups -OCH3 is 2. The second-order valence-electron chi connectivity index (χ2n) is 13.1. The first-order valence-electron chi connectivity index (χ1n) is 15.8. The van der Waals surface area contributed by atoms with E-state index in [1.54, 1.807) is 33.2 Å². The lowest BCUT2D eigenvalue weighted by Gasteiger charge is -2.42. The Hall–Kier alpha value is -3.32. The van der Waals surface area contributed by atoms with Gasteiger partial charge in [-0.15, -0.1) is 0 Å². The molecule has 4 bridgehead atoms. The Morgan fingerprint density at radius 3 is 2.62 bits per heavy atom. The average Bonchev–Trinajstić information content (AvgIpc) is 3.71. The molecule has 47 heavy (non-hydrogen) atoms. The number of allylic oxidation sites excluding steroid dienone is 3. The largest absolute Gasteiger partial charge is 0.495 e. The van der Waals surface area contributed by atoms with E-state index in [4.69, 9.17) is 35.3 Å². The third-order valence-electron chi connectivity index (χ3n) is 9.67. The molecule has 12 nitrogen and oxygen atoms in total. The number of esters is 1. The zero-order valence-electron chi connectivity index (χ0n) is 28.7. The van der Waals surface area contributed by atoms with Crippen LogP contribution in [0.2, 0.25) is 5.02 Å². The Bertz CT molecular complexity index is 1420. The number of aliphatic hydroxyl groups is 1. The topological polar surface area (TPSA) is 139 Å². The number of hydrogen-bond donors (Lipinski definition) is 2. The Morgan fingerprint density at radius 1 is 1.28 bits per heavy atom. The fraction of sp³-hybridized carbons (Fsp3) is 0.618. The number of epoxide rings is 1. The summed E-state index contributed by atoms with van der Waals surface area (Å²) in [6.45, 7) is 9.14. The van der Waals surface area contributed by atoms with Gasteiger partial charge in [-0.25, -0.2) is 9.59 Å². The van der Waals surface area contributed by atoms with Crippen molar-refractivity contribution in [2.45, 2.75) is 95.7 Å². The number of nitrogens with one attached hydrogen (secondary N) is 1. The van der Waals surface area contributed by atoms with Gasteiger partial charge in [-0.1, -0.05) is 42.3 Å². The fourth-order valence-electron chi connectivity index (χ4n) is 6.41. The van der Waals surface area contributed by atoms with Crippen LogP contribution >= 0.6 is 11.6 Å². The third kappa shape index (κ3) is 7.88. The Kier molecular flexibility index (Phi) is 11.2. The van der Waals surface area contributed by atoms with Gasteiger partial charge in [-0.05, 0) is 44.9 Å². The smallest absolute Gasteiger partial charge is 0.409 e. The van der Waals surface area contributed by atoms with Gasteiger partial charge in [-0.3, -0.25) is 10.1 Å². The Morgan fingerprint density at radius 2 is 1.98 bits per heavy atom. The minimum Gasteiger partial charge on any atom is -0.495 e. The van der Waals surface area contributed by atoms with Gasteiger partial charge in [0.25, 0.3) is 0 Å². The molecule has 260 valence electrons. The summed E-state index contributed by atoms with van der Waals surface area (Å²) in [5.74, 6) is -0.707. The lowest BCUT2D eigenvalue weighted by molar-refractivity contribution is -0.160. The number of halogens is 1. The average molecular weight is 678 g/mol. The van der Waals surface area contributed by atoms with Crippen LogP contribution in [0.1, 0.15) is 53.0 Å². The van der Waals surface area contributed by atoms with Crippen molar-refractivity contribution in [3.05, 3.63) is 46.5 Å². The molecule has 2 fully saturated rings. The van der Waals surface area contributed by atoms with Gasteiger partial charge in [0.15, 0.2) is 5.72 Å². The molecule has 3 aliphatic rings. The molecule has 2 N–H and O–H groups in total. The van der Waals surface area contributed by atoms with E-state index in [0.717, 1.165) is 16.8 Å². The Balaban J connectivity index is 1.75. The van der Waals surface area contributed by atoms with Crippen LogP contribution in [0, 0.1) is 5.92 Å². The van der Waals surface area contributed by atoms with Gasteiger partial charge in [0.05, 0.1) is 18.9 Å². The highest BCUT2D eigenvalue weighted by atomic mass is 35.5. The van der Waals surface area contributed by atoms with Crippen molar-refractivity contribution in [1.29, 1.82) is 0 Å². The highest BCUT2D eigenvalue weighted by molar-refractivity contribution is 6.34. The molecule has 13 heteroatoms. The standard InChI is InChI=1S/C34H48ClN3O9/c1-19-11-10-12-28(44-9)34(42)18-26(45-32(41)36-34)20(2)30-33(5,47-30)27(46-31(40)21(3)38(7)22(4)39)13-14-37(6)24-16-23(15-19)17-25(43-8)29(24)35/h10-12,16-17,20-21,26-28,30,42H,13-15,18H2,1-9H3,(H,36,41)/t20-,21+,26+,27+,28-,30+,33-,34+/m1/s1. The maximum absolute atomic E-state index is 13.4. The number of benzene rings is 1.